The van der Waals surface area contributed by atoms with Gasteiger partial charge in [-0.25, -0.2) is 0 Å². The van der Waals surface area contributed by atoms with E-state index in [0.717, 1.165) is 0 Å². The predicted octanol–water partition coefficient (Wildman–Crippen LogP) is 4.31. The van der Waals surface area contributed by atoms with Gasteiger partial charge < -0.3 is 0 Å². The molecule has 0 aliphatic carbocycles. The highest BCUT2D eigenvalue weighted by molar-refractivity contribution is 9.11. The highest BCUT2D eigenvalue weighted by atomic mass is 79.9. The van der Waals surface area contributed by atoms with Gasteiger partial charge in [0.25, 0.3) is 0 Å². The molecule has 1 heteroatoms. The number of aryl methyl sites for hydroxylation is 1. The van der Waals surface area contributed by atoms with Crippen LogP contribution in [0, 0.1) is 0 Å². The summed E-state index contributed by atoms with van der Waals surface area (Å²) in [6.45, 7) is 2.15. The average molecular weight is 239 g/mol. The minimum Gasteiger partial charge on any atom is -0.0664 e. The first kappa shape index (κ1) is 10.5. The summed E-state index contributed by atoms with van der Waals surface area (Å²) in [5.41, 5.74) is 2.85. The van der Waals surface area contributed by atoms with E-state index in [4.69, 9.17) is 0 Å². The van der Waals surface area contributed by atoms with Crippen LogP contribution in [0.4, 0.5) is 0 Å². The summed E-state index contributed by atoms with van der Waals surface area (Å²) in [6.07, 6.45) is 3.59. The zero-order chi connectivity index (χ0) is 9.52. The molecule has 0 N–H and O–H groups in total. The third kappa shape index (κ3) is 4.28. The molecular formula is C12H15Br. The van der Waals surface area contributed by atoms with Crippen molar-refractivity contribution in [3.63, 3.8) is 0 Å². The van der Waals surface area contributed by atoms with Crippen LogP contribution in [0.15, 0.2) is 40.9 Å². The van der Waals surface area contributed by atoms with Crippen molar-refractivity contribution in [2.24, 2.45) is 0 Å². The molecule has 0 unspecified atom stereocenters. The van der Waals surface area contributed by atoms with Crippen molar-refractivity contribution in [1.29, 1.82) is 0 Å². The zero-order valence-electron chi connectivity index (χ0n) is 7.96. The summed E-state index contributed by atoms with van der Waals surface area (Å²) in [4.78, 5) is 2.01. The lowest BCUT2D eigenvalue weighted by molar-refractivity contribution is 0.813. The van der Waals surface area contributed by atoms with E-state index in [1.54, 1.807) is 0 Å². The van der Waals surface area contributed by atoms with Crippen molar-refractivity contribution in [2.45, 2.75) is 26.2 Å². The minimum atomic E-state index is 1.18. The molecule has 1 rings (SSSR count). The molecule has 0 amide bonds. The Bertz CT molecular complexity index is 262. The second-order valence-electron chi connectivity index (χ2n) is 3.29. The van der Waals surface area contributed by atoms with Crippen LogP contribution < -0.4 is 0 Å². The number of hydrogen-bond acceptors (Lipinski definition) is 0. The molecule has 0 atom stereocenters. The van der Waals surface area contributed by atoms with Crippen molar-refractivity contribution in [3.05, 3.63) is 46.5 Å². The van der Waals surface area contributed by atoms with E-state index in [2.05, 4.69) is 53.2 Å². The molecule has 13 heavy (non-hydrogen) atoms. The Labute approximate surface area is 88.8 Å². The quantitative estimate of drug-likeness (QED) is 0.734. The highest BCUT2D eigenvalue weighted by Gasteiger charge is 1.92. The third-order valence-corrected chi connectivity index (χ3v) is 2.85. The Morgan fingerprint density at radius 3 is 2.62 bits per heavy atom. The number of benzene rings is 1. The highest BCUT2D eigenvalue weighted by Crippen LogP contribution is 2.10. The van der Waals surface area contributed by atoms with Crippen LogP contribution in [-0.4, -0.2) is 0 Å². The SMILES string of the molecule is C/C(=C\Br)CCCc1ccccc1. The summed E-state index contributed by atoms with van der Waals surface area (Å²) in [6, 6.07) is 10.6. The van der Waals surface area contributed by atoms with E-state index in [9.17, 15) is 0 Å². The van der Waals surface area contributed by atoms with E-state index in [-0.39, 0.29) is 0 Å². The number of rotatable bonds is 4. The number of halogens is 1. The lowest BCUT2D eigenvalue weighted by Gasteiger charge is -2.00. The Kier molecular flexibility index (Phi) is 4.84. The molecule has 0 saturated carbocycles. The minimum absolute atomic E-state index is 1.18. The topological polar surface area (TPSA) is 0 Å². The summed E-state index contributed by atoms with van der Waals surface area (Å²) in [5, 5.41) is 0. The summed E-state index contributed by atoms with van der Waals surface area (Å²) >= 11 is 3.34. The van der Waals surface area contributed by atoms with Gasteiger partial charge in [-0.1, -0.05) is 51.8 Å². The lowest BCUT2D eigenvalue weighted by atomic mass is 10.1. The van der Waals surface area contributed by atoms with Gasteiger partial charge in [0.15, 0.2) is 0 Å². The van der Waals surface area contributed by atoms with Gasteiger partial charge in [0, 0.05) is 0 Å². The van der Waals surface area contributed by atoms with Crippen LogP contribution in [0.25, 0.3) is 0 Å². The molecule has 0 spiro atoms. The third-order valence-electron chi connectivity index (χ3n) is 2.07. The summed E-state index contributed by atoms with van der Waals surface area (Å²) in [5.74, 6) is 0. The first-order valence-corrected chi connectivity index (χ1v) is 5.54. The average Bonchev–Trinajstić information content (AvgIpc) is 2.19. The van der Waals surface area contributed by atoms with E-state index >= 15 is 0 Å². The van der Waals surface area contributed by atoms with Gasteiger partial charge in [0.2, 0.25) is 0 Å². The summed E-state index contributed by atoms with van der Waals surface area (Å²) in [7, 11) is 0. The maximum Gasteiger partial charge on any atom is -0.0200 e. The van der Waals surface area contributed by atoms with E-state index in [1.165, 1.54) is 30.4 Å². The number of hydrogen-bond donors (Lipinski definition) is 0. The van der Waals surface area contributed by atoms with Crippen LogP contribution in [0.2, 0.25) is 0 Å². The van der Waals surface area contributed by atoms with Gasteiger partial charge in [0.05, 0.1) is 0 Å². The second kappa shape index (κ2) is 5.98. The van der Waals surface area contributed by atoms with Crippen LogP contribution in [0.5, 0.6) is 0 Å². The molecule has 1 aromatic carbocycles. The van der Waals surface area contributed by atoms with Crippen LogP contribution in [0.1, 0.15) is 25.3 Å². The predicted molar refractivity (Wildman–Crippen MR) is 62.1 cm³/mol. The maximum atomic E-state index is 3.34. The zero-order valence-corrected chi connectivity index (χ0v) is 9.55. The molecule has 0 aliphatic heterocycles. The largest absolute Gasteiger partial charge is 0.0664 e. The van der Waals surface area contributed by atoms with Crippen LogP contribution in [0.3, 0.4) is 0 Å². The van der Waals surface area contributed by atoms with Crippen molar-refractivity contribution in [3.8, 4) is 0 Å². The van der Waals surface area contributed by atoms with Gasteiger partial charge in [-0.3, -0.25) is 0 Å². The maximum absolute atomic E-state index is 3.34. The van der Waals surface area contributed by atoms with Crippen molar-refractivity contribution >= 4 is 15.9 Å². The van der Waals surface area contributed by atoms with Gasteiger partial charge in [0.1, 0.15) is 0 Å². The van der Waals surface area contributed by atoms with Crippen molar-refractivity contribution < 1.29 is 0 Å². The van der Waals surface area contributed by atoms with E-state index < -0.39 is 0 Å². The van der Waals surface area contributed by atoms with Crippen molar-refractivity contribution in [2.75, 3.05) is 0 Å². The second-order valence-corrected chi connectivity index (χ2v) is 3.75. The van der Waals surface area contributed by atoms with Crippen LogP contribution >= 0.6 is 15.9 Å². The monoisotopic (exact) mass is 238 g/mol. The molecule has 70 valence electrons. The van der Waals surface area contributed by atoms with Crippen molar-refractivity contribution in [1.82, 2.24) is 0 Å². The Balaban J connectivity index is 2.28. The summed E-state index contributed by atoms with van der Waals surface area (Å²) < 4.78 is 0. The van der Waals surface area contributed by atoms with Crippen LogP contribution in [-0.2, 0) is 6.42 Å². The molecule has 0 aromatic heterocycles. The lowest BCUT2D eigenvalue weighted by Crippen LogP contribution is -1.85. The van der Waals surface area contributed by atoms with Gasteiger partial charge in [-0.05, 0) is 36.7 Å². The molecule has 0 bridgehead atoms. The van der Waals surface area contributed by atoms with Gasteiger partial charge in [-0.2, -0.15) is 0 Å². The number of allylic oxidation sites excluding steroid dienone is 1. The normalized spacial score (nSPS) is 11.7. The molecule has 0 radical (unpaired) electrons. The molecule has 0 saturated heterocycles. The first-order chi connectivity index (χ1) is 6.33. The Morgan fingerprint density at radius 1 is 1.31 bits per heavy atom. The molecule has 0 nitrogen and oxygen atoms in total. The molecular weight excluding hydrogens is 224 g/mol. The van der Waals surface area contributed by atoms with E-state index in [0.29, 0.717) is 0 Å². The fourth-order valence-electron chi connectivity index (χ4n) is 1.27. The smallest absolute Gasteiger partial charge is 0.0200 e. The molecule has 1 aromatic rings. The Hall–Kier alpha value is -0.560. The molecule has 0 fully saturated rings. The molecule has 0 heterocycles. The fourth-order valence-corrected chi connectivity index (χ4v) is 1.50. The van der Waals surface area contributed by atoms with Gasteiger partial charge >= 0.3 is 0 Å². The standard InChI is InChI=1S/C12H15Br/c1-11(10-13)6-5-9-12-7-3-2-4-8-12/h2-4,7-8,10H,5-6,9H2,1H3/b11-10+. The van der Waals surface area contributed by atoms with E-state index in [1.807, 2.05) is 4.99 Å². The molecule has 0 aliphatic rings. The first-order valence-electron chi connectivity index (χ1n) is 4.62. The fraction of sp³-hybridized carbons (Fsp3) is 0.333. The Morgan fingerprint density at radius 2 is 2.00 bits per heavy atom. The van der Waals surface area contributed by atoms with Gasteiger partial charge in [-0.15, -0.1) is 0 Å².